The van der Waals surface area contributed by atoms with Gasteiger partial charge in [0.1, 0.15) is 5.66 Å². The van der Waals surface area contributed by atoms with E-state index in [1.807, 2.05) is 0 Å². The Balaban J connectivity index is 2.43. The molecule has 4 N–H and O–H groups in total. The summed E-state index contributed by atoms with van der Waals surface area (Å²) in [5.74, 6) is -0.289. The maximum Gasteiger partial charge on any atom is 0.526 e. The molecule has 0 aliphatic rings. The van der Waals surface area contributed by atoms with Crippen LogP contribution in [0, 0.1) is 0 Å². The van der Waals surface area contributed by atoms with Crippen LogP contribution in [0.15, 0.2) is 40.8 Å². The second-order valence-electron chi connectivity index (χ2n) is 4.37. The zero-order chi connectivity index (χ0) is 15.6. The van der Waals surface area contributed by atoms with E-state index in [0.29, 0.717) is 5.69 Å². The molecule has 2 aromatic rings. The quantitative estimate of drug-likeness (QED) is 0.500. The number of nitrogens with zero attached hydrogens (tertiary/aromatic N) is 1. The van der Waals surface area contributed by atoms with Gasteiger partial charge in [-0.25, -0.2) is 0 Å². The van der Waals surface area contributed by atoms with Crippen molar-refractivity contribution in [3.63, 3.8) is 0 Å². The van der Waals surface area contributed by atoms with Crippen molar-refractivity contribution in [2.45, 2.75) is 6.92 Å². The summed E-state index contributed by atoms with van der Waals surface area (Å²) in [5.41, 5.74) is 0.476. The van der Waals surface area contributed by atoms with E-state index < -0.39 is 14.2 Å². The third kappa shape index (κ3) is 3.34. The number of hydrogen-bond donors (Lipinski definition) is 4. The standard InChI is InChI=1S/C12H13B2NO6/c1-8(16)15(12-6-5-11(21-12)14(19)20)10-4-2-3-9(7-10)13(17)18/h2-7,17-20H,1H3. The van der Waals surface area contributed by atoms with Crippen LogP contribution in [0.4, 0.5) is 11.6 Å². The Hall–Kier alpha value is -2.06. The van der Waals surface area contributed by atoms with Gasteiger partial charge in [-0.3, -0.25) is 9.69 Å². The Labute approximate surface area is 121 Å². The van der Waals surface area contributed by atoms with Crippen molar-refractivity contribution < 1.29 is 29.3 Å². The van der Waals surface area contributed by atoms with E-state index >= 15 is 0 Å². The predicted octanol–water partition coefficient (Wildman–Crippen LogP) is -1.68. The molecule has 0 saturated heterocycles. The number of carbonyl (C=O) groups excluding carboxylic acids is 1. The zero-order valence-corrected chi connectivity index (χ0v) is 11.2. The van der Waals surface area contributed by atoms with Crippen LogP contribution in [0.2, 0.25) is 0 Å². The lowest BCUT2D eigenvalue weighted by Crippen LogP contribution is -2.31. The minimum absolute atomic E-state index is 0.0928. The number of hydrogen-bond acceptors (Lipinski definition) is 6. The average Bonchev–Trinajstić information content (AvgIpc) is 2.88. The van der Waals surface area contributed by atoms with Crippen molar-refractivity contribution in [3.8, 4) is 0 Å². The van der Waals surface area contributed by atoms with Gasteiger partial charge in [0.15, 0.2) is 0 Å². The van der Waals surface area contributed by atoms with Gasteiger partial charge >= 0.3 is 14.2 Å². The van der Waals surface area contributed by atoms with Gasteiger partial charge in [0, 0.05) is 13.0 Å². The molecule has 21 heavy (non-hydrogen) atoms. The monoisotopic (exact) mass is 289 g/mol. The van der Waals surface area contributed by atoms with E-state index in [-0.39, 0.29) is 22.9 Å². The summed E-state index contributed by atoms with van der Waals surface area (Å²) in [7, 11) is -3.44. The summed E-state index contributed by atoms with van der Waals surface area (Å²) in [6.07, 6.45) is 0. The molecule has 0 aliphatic heterocycles. The number of furan rings is 1. The smallest absolute Gasteiger partial charge is 0.448 e. The molecule has 0 fully saturated rings. The lowest BCUT2D eigenvalue weighted by atomic mass is 9.80. The van der Waals surface area contributed by atoms with Crippen LogP contribution in [-0.2, 0) is 4.79 Å². The molecule has 1 aromatic carbocycles. The molecular weight excluding hydrogens is 276 g/mol. The van der Waals surface area contributed by atoms with Gasteiger partial charge < -0.3 is 24.5 Å². The number of rotatable bonds is 4. The van der Waals surface area contributed by atoms with Crippen molar-refractivity contribution in [3.05, 3.63) is 36.4 Å². The molecule has 1 heterocycles. The summed E-state index contributed by atoms with van der Waals surface area (Å²) >= 11 is 0. The van der Waals surface area contributed by atoms with E-state index in [0.717, 1.165) is 0 Å². The molecule has 108 valence electrons. The normalized spacial score (nSPS) is 10.3. The van der Waals surface area contributed by atoms with Gasteiger partial charge in [0.2, 0.25) is 11.8 Å². The fraction of sp³-hybridized carbons (Fsp3) is 0.0833. The largest absolute Gasteiger partial charge is 0.526 e. The van der Waals surface area contributed by atoms with Crippen molar-refractivity contribution in [1.82, 2.24) is 0 Å². The Bertz CT molecular complexity index is 642. The molecule has 0 aliphatic carbocycles. The van der Waals surface area contributed by atoms with Gasteiger partial charge in [-0.1, -0.05) is 12.1 Å². The summed E-state index contributed by atoms with van der Waals surface area (Å²) in [4.78, 5) is 13.0. The first-order valence-corrected chi connectivity index (χ1v) is 6.13. The maximum absolute atomic E-state index is 11.8. The SMILES string of the molecule is CC(=O)N(c1cccc(B(O)O)c1)c1ccc(B(O)O)o1. The van der Waals surface area contributed by atoms with Crippen LogP contribution < -0.4 is 16.0 Å². The first-order valence-electron chi connectivity index (χ1n) is 6.13. The minimum atomic E-state index is -1.78. The number of benzene rings is 1. The first-order chi connectivity index (χ1) is 9.90. The molecule has 1 amide bonds. The molecule has 9 heteroatoms. The molecule has 0 atom stereocenters. The zero-order valence-electron chi connectivity index (χ0n) is 11.2. The maximum atomic E-state index is 11.8. The Kier molecular flexibility index (Phi) is 4.49. The number of amides is 1. The van der Waals surface area contributed by atoms with Crippen LogP contribution in [0.3, 0.4) is 0 Å². The van der Waals surface area contributed by atoms with Crippen LogP contribution in [-0.4, -0.2) is 40.2 Å². The van der Waals surface area contributed by atoms with Crippen molar-refractivity contribution >= 4 is 42.8 Å². The van der Waals surface area contributed by atoms with Crippen molar-refractivity contribution in [2.75, 3.05) is 4.90 Å². The van der Waals surface area contributed by atoms with E-state index in [1.54, 1.807) is 12.1 Å². The van der Waals surface area contributed by atoms with Gasteiger partial charge in [0.25, 0.3) is 0 Å². The van der Waals surface area contributed by atoms with Crippen LogP contribution in [0.5, 0.6) is 0 Å². The lowest BCUT2D eigenvalue weighted by Gasteiger charge is -2.19. The van der Waals surface area contributed by atoms with Gasteiger partial charge in [-0.2, -0.15) is 0 Å². The Morgan fingerprint density at radius 1 is 1.10 bits per heavy atom. The Morgan fingerprint density at radius 2 is 1.81 bits per heavy atom. The molecule has 1 aromatic heterocycles. The van der Waals surface area contributed by atoms with Crippen LogP contribution >= 0.6 is 0 Å². The highest BCUT2D eigenvalue weighted by atomic mass is 16.4. The molecule has 0 spiro atoms. The molecule has 2 rings (SSSR count). The highest BCUT2D eigenvalue weighted by Crippen LogP contribution is 2.24. The fourth-order valence-corrected chi connectivity index (χ4v) is 1.89. The second-order valence-corrected chi connectivity index (χ2v) is 4.37. The minimum Gasteiger partial charge on any atom is -0.448 e. The topological polar surface area (TPSA) is 114 Å². The molecule has 7 nitrogen and oxygen atoms in total. The predicted molar refractivity (Wildman–Crippen MR) is 77.6 cm³/mol. The van der Waals surface area contributed by atoms with Crippen molar-refractivity contribution in [1.29, 1.82) is 0 Å². The highest BCUT2D eigenvalue weighted by molar-refractivity contribution is 6.58. The summed E-state index contributed by atoms with van der Waals surface area (Å²) in [6, 6.07) is 8.82. The van der Waals surface area contributed by atoms with E-state index in [4.69, 9.17) is 14.5 Å². The molecule has 0 radical (unpaired) electrons. The third-order valence-electron chi connectivity index (χ3n) is 2.83. The number of anilines is 2. The van der Waals surface area contributed by atoms with E-state index in [1.165, 1.54) is 36.1 Å². The second kappa shape index (κ2) is 6.15. The molecule has 0 saturated carbocycles. The van der Waals surface area contributed by atoms with Crippen LogP contribution in [0.25, 0.3) is 0 Å². The van der Waals surface area contributed by atoms with Crippen LogP contribution in [0.1, 0.15) is 6.92 Å². The summed E-state index contributed by atoms with van der Waals surface area (Å²) in [5, 5.41) is 36.4. The summed E-state index contributed by atoms with van der Waals surface area (Å²) in [6.45, 7) is 1.31. The summed E-state index contributed by atoms with van der Waals surface area (Å²) < 4.78 is 5.20. The lowest BCUT2D eigenvalue weighted by molar-refractivity contribution is -0.116. The van der Waals surface area contributed by atoms with Gasteiger partial charge in [-0.15, -0.1) is 0 Å². The average molecular weight is 289 g/mol. The fourth-order valence-electron chi connectivity index (χ4n) is 1.89. The Morgan fingerprint density at radius 3 is 2.33 bits per heavy atom. The first kappa shape index (κ1) is 15.3. The highest BCUT2D eigenvalue weighted by Gasteiger charge is 2.23. The van der Waals surface area contributed by atoms with E-state index in [9.17, 15) is 14.8 Å². The van der Waals surface area contributed by atoms with E-state index in [2.05, 4.69) is 0 Å². The van der Waals surface area contributed by atoms with Crippen molar-refractivity contribution in [2.24, 2.45) is 0 Å². The molecule has 0 unspecified atom stereocenters. The van der Waals surface area contributed by atoms with Gasteiger partial charge in [-0.05, 0) is 23.7 Å². The molecule has 0 bridgehead atoms. The third-order valence-corrected chi connectivity index (χ3v) is 2.83. The number of carbonyl (C=O) groups is 1. The van der Waals surface area contributed by atoms with Gasteiger partial charge in [0.05, 0.1) is 5.69 Å². The molecular formula is C12H13B2NO6.